The molecule has 9 nitrogen and oxygen atoms in total. The fraction of sp³-hybridized carbons (Fsp3) is 0.767. The van der Waals surface area contributed by atoms with Gasteiger partial charge in [-0.05, 0) is 70.6 Å². The van der Waals surface area contributed by atoms with Gasteiger partial charge in [-0.2, -0.15) is 0 Å². The molecule has 0 fully saturated rings. The Hall–Kier alpha value is -2.03. The molecular formula is C43H77O9P. The first kappa shape index (κ1) is 51.0. The van der Waals surface area contributed by atoms with E-state index in [1.165, 1.54) is 70.6 Å². The van der Waals surface area contributed by atoms with Crippen LogP contribution >= 0.6 is 7.82 Å². The summed E-state index contributed by atoms with van der Waals surface area (Å²) in [5.41, 5.74) is 0. The molecule has 10 heteroatoms. The van der Waals surface area contributed by atoms with E-state index in [1.54, 1.807) is 0 Å². The topological polar surface area (TPSA) is 140 Å². The molecule has 0 aromatic heterocycles. The Balaban J connectivity index is 4.01. The van der Waals surface area contributed by atoms with Gasteiger partial charge >= 0.3 is 19.8 Å². The molecule has 0 rings (SSSR count). The van der Waals surface area contributed by atoms with Crippen molar-refractivity contribution in [1.82, 2.24) is 0 Å². The predicted molar refractivity (Wildman–Crippen MR) is 217 cm³/mol. The highest BCUT2D eigenvalue weighted by Gasteiger charge is 2.22. The van der Waals surface area contributed by atoms with E-state index in [9.17, 15) is 19.3 Å². The first-order valence-electron chi connectivity index (χ1n) is 20.8. The average Bonchev–Trinajstić information content (AvgIpc) is 3.09. The monoisotopic (exact) mass is 769 g/mol. The Morgan fingerprint density at radius 2 is 0.981 bits per heavy atom. The molecule has 3 N–H and O–H groups in total. The molecule has 53 heavy (non-hydrogen) atoms. The van der Waals surface area contributed by atoms with E-state index >= 15 is 0 Å². The first-order valence-corrected chi connectivity index (χ1v) is 22.4. The summed E-state index contributed by atoms with van der Waals surface area (Å²) in [6.45, 7) is 5.53. The van der Waals surface area contributed by atoms with Crippen molar-refractivity contribution in [2.75, 3.05) is 13.2 Å². The van der Waals surface area contributed by atoms with Gasteiger partial charge in [0.2, 0.25) is 0 Å². The van der Waals surface area contributed by atoms with E-state index in [-0.39, 0.29) is 25.6 Å². The predicted octanol–water partition coefficient (Wildman–Crippen LogP) is 11.6. The number of phosphoric ester groups is 1. The minimum absolute atomic E-state index is 0.179. The molecule has 0 saturated carbocycles. The quantitative estimate of drug-likeness (QED) is 0.0244. The molecule has 0 aromatic rings. The SMILES string of the molecule is CC(C)CCCCCCCCCCCCCCCCC(=O)O[C@H](COC(=O)CCC/C=C\C/C=C\C/C=C\C/C=C\CCC[C@@H](C)O)COP(=O)(O)O. The second-order valence-electron chi connectivity index (χ2n) is 14.7. The second-order valence-corrected chi connectivity index (χ2v) is 16.0. The molecule has 0 amide bonds. The van der Waals surface area contributed by atoms with Crippen molar-refractivity contribution in [2.45, 2.75) is 193 Å². The molecule has 0 saturated heterocycles. The number of aliphatic hydroxyl groups excluding tert-OH is 1. The molecule has 2 atom stereocenters. The zero-order valence-corrected chi connectivity index (χ0v) is 34.6. The van der Waals surface area contributed by atoms with Crippen molar-refractivity contribution in [3.63, 3.8) is 0 Å². The largest absolute Gasteiger partial charge is 0.469 e. The van der Waals surface area contributed by atoms with Crippen molar-refractivity contribution in [1.29, 1.82) is 0 Å². The second kappa shape index (κ2) is 36.9. The number of ether oxygens (including phenoxy) is 2. The van der Waals surface area contributed by atoms with Gasteiger partial charge in [0, 0.05) is 12.8 Å². The molecule has 0 aliphatic heterocycles. The molecule has 0 radical (unpaired) electrons. The van der Waals surface area contributed by atoms with E-state index in [4.69, 9.17) is 19.3 Å². The molecule has 0 aromatic carbocycles. The van der Waals surface area contributed by atoms with Gasteiger partial charge in [-0.15, -0.1) is 0 Å². The summed E-state index contributed by atoms with van der Waals surface area (Å²) < 4.78 is 26.3. The number of unbranched alkanes of at least 4 members (excludes halogenated alkanes) is 15. The third kappa shape index (κ3) is 42.6. The maximum Gasteiger partial charge on any atom is 0.469 e. The smallest absolute Gasteiger partial charge is 0.462 e. The molecule has 0 heterocycles. The lowest BCUT2D eigenvalue weighted by atomic mass is 10.0. The minimum Gasteiger partial charge on any atom is -0.462 e. The summed E-state index contributed by atoms with van der Waals surface area (Å²) in [5.74, 6) is -0.141. The van der Waals surface area contributed by atoms with Crippen molar-refractivity contribution in [3.8, 4) is 0 Å². The van der Waals surface area contributed by atoms with Crippen LogP contribution in [0.15, 0.2) is 48.6 Å². The average molecular weight is 769 g/mol. The summed E-state index contributed by atoms with van der Waals surface area (Å²) in [5, 5.41) is 9.25. The third-order valence-corrected chi connectivity index (χ3v) is 9.28. The summed E-state index contributed by atoms with van der Waals surface area (Å²) >= 11 is 0. The van der Waals surface area contributed by atoms with Crippen molar-refractivity contribution >= 4 is 19.8 Å². The summed E-state index contributed by atoms with van der Waals surface area (Å²) in [6.07, 6.45) is 41.1. The van der Waals surface area contributed by atoms with Crippen LogP contribution in [0.1, 0.15) is 181 Å². The van der Waals surface area contributed by atoms with Gasteiger partial charge in [-0.25, -0.2) is 4.57 Å². The van der Waals surface area contributed by atoms with Gasteiger partial charge in [-0.3, -0.25) is 14.1 Å². The molecule has 0 spiro atoms. The highest BCUT2D eigenvalue weighted by Crippen LogP contribution is 2.36. The number of hydrogen-bond donors (Lipinski definition) is 3. The minimum atomic E-state index is -4.77. The zero-order valence-electron chi connectivity index (χ0n) is 33.7. The number of phosphoric acid groups is 1. The summed E-state index contributed by atoms with van der Waals surface area (Å²) in [4.78, 5) is 42.8. The molecule has 0 aliphatic carbocycles. The number of aliphatic hydroxyl groups is 1. The normalized spacial score (nSPS) is 13.6. The summed E-state index contributed by atoms with van der Waals surface area (Å²) in [6, 6.07) is 0. The van der Waals surface area contributed by atoms with Gasteiger partial charge in [0.1, 0.15) is 6.61 Å². The van der Waals surface area contributed by atoms with E-state index < -0.39 is 32.5 Å². The van der Waals surface area contributed by atoms with Gasteiger partial charge < -0.3 is 24.4 Å². The van der Waals surface area contributed by atoms with Crippen LogP contribution in [0.3, 0.4) is 0 Å². The Labute approximate surface area is 323 Å². The highest BCUT2D eigenvalue weighted by molar-refractivity contribution is 7.46. The fourth-order valence-electron chi connectivity index (χ4n) is 5.69. The maximum atomic E-state index is 12.4. The lowest BCUT2D eigenvalue weighted by molar-refractivity contribution is -0.161. The van der Waals surface area contributed by atoms with Gasteiger partial charge in [0.25, 0.3) is 0 Å². The number of hydrogen-bond acceptors (Lipinski definition) is 7. The number of carbonyl (C=O) groups excluding carboxylic acids is 2. The molecule has 0 aliphatic rings. The lowest BCUT2D eigenvalue weighted by Gasteiger charge is -2.18. The highest BCUT2D eigenvalue weighted by atomic mass is 31.2. The fourth-order valence-corrected chi connectivity index (χ4v) is 6.05. The van der Waals surface area contributed by atoms with Gasteiger partial charge in [-0.1, -0.05) is 152 Å². The van der Waals surface area contributed by atoms with Crippen molar-refractivity contribution < 1.29 is 43.0 Å². The van der Waals surface area contributed by atoms with Crippen LogP contribution in [0.2, 0.25) is 0 Å². The lowest BCUT2D eigenvalue weighted by Crippen LogP contribution is -2.29. The third-order valence-electron chi connectivity index (χ3n) is 8.80. The van der Waals surface area contributed by atoms with Crippen LogP contribution in [0.5, 0.6) is 0 Å². The van der Waals surface area contributed by atoms with Crippen LogP contribution in [0.25, 0.3) is 0 Å². The Kier molecular flexibility index (Phi) is 35.5. The van der Waals surface area contributed by atoms with E-state index in [0.717, 1.165) is 63.7 Å². The number of esters is 2. The molecule has 308 valence electrons. The number of carbonyl (C=O) groups is 2. The van der Waals surface area contributed by atoms with Gasteiger partial charge in [0.15, 0.2) is 6.10 Å². The van der Waals surface area contributed by atoms with Crippen LogP contribution in [0, 0.1) is 5.92 Å². The molecule has 0 unspecified atom stereocenters. The standard InChI is InChI=1S/C43H77O9P/c1-39(2)33-29-25-21-17-13-9-7-8-12-16-20-24-28-32-36-43(46)52-41(38-51-53(47,48)49)37-50-42(45)35-31-27-23-19-15-11-6-4-5-10-14-18-22-26-30-34-40(3)44/h5-6,10-11,18-19,22-23,39-41,44H,4,7-9,12-17,20-21,24-38H2,1-3H3,(H2,47,48,49)/b10-5-,11-6-,22-18-,23-19-/t40-,41-/m1/s1. The van der Waals surface area contributed by atoms with E-state index in [0.29, 0.717) is 19.3 Å². The van der Waals surface area contributed by atoms with Crippen molar-refractivity contribution in [3.05, 3.63) is 48.6 Å². The van der Waals surface area contributed by atoms with E-state index in [2.05, 4.69) is 60.9 Å². The number of rotatable bonds is 37. The summed E-state index contributed by atoms with van der Waals surface area (Å²) in [7, 11) is -4.77. The zero-order chi connectivity index (χ0) is 39.3. The van der Waals surface area contributed by atoms with Gasteiger partial charge in [0.05, 0.1) is 12.7 Å². The first-order chi connectivity index (χ1) is 25.5. The van der Waals surface area contributed by atoms with Crippen molar-refractivity contribution in [2.24, 2.45) is 5.92 Å². The van der Waals surface area contributed by atoms with Crippen LogP contribution in [-0.2, 0) is 28.2 Å². The Morgan fingerprint density at radius 3 is 1.45 bits per heavy atom. The van der Waals surface area contributed by atoms with E-state index in [1.807, 2.05) is 13.0 Å². The maximum absolute atomic E-state index is 12.4. The molecule has 0 bridgehead atoms. The van der Waals surface area contributed by atoms with Crippen LogP contribution < -0.4 is 0 Å². The Morgan fingerprint density at radius 1 is 0.547 bits per heavy atom. The van der Waals surface area contributed by atoms with Crippen LogP contribution in [-0.4, -0.2) is 52.3 Å². The Bertz CT molecular complexity index is 1030. The molecular weight excluding hydrogens is 691 g/mol. The van der Waals surface area contributed by atoms with Crippen LogP contribution in [0.4, 0.5) is 0 Å². The number of allylic oxidation sites excluding steroid dienone is 8.